The van der Waals surface area contributed by atoms with E-state index in [1.807, 2.05) is 24.3 Å². The highest BCUT2D eigenvalue weighted by Gasteiger charge is 2.45. The topological polar surface area (TPSA) is 84.2 Å². The fourth-order valence-corrected chi connectivity index (χ4v) is 3.57. The number of urea groups is 1. The molecule has 6 heteroatoms. The number of nitrogens with one attached hydrogen (secondary N) is 2. The minimum absolute atomic E-state index is 0.00249. The van der Waals surface area contributed by atoms with Crippen molar-refractivity contribution in [1.82, 2.24) is 10.6 Å². The van der Waals surface area contributed by atoms with E-state index in [1.54, 1.807) is 0 Å². The molecule has 2 aliphatic rings. The van der Waals surface area contributed by atoms with Gasteiger partial charge < -0.3 is 16.4 Å². The van der Waals surface area contributed by atoms with E-state index in [0.717, 1.165) is 25.7 Å². The minimum atomic E-state index is -0.874. The van der Waals surface area contributed by atoms with Crippen LogP contribution in [0.25, 0.3) is 0 Å². The molecule has 0 unspecified atom stereocenters. The maximum Gasteiger partial charge on any atom is 0.315 e. The third-order valence-corrected chi connectivity index (χ3v) is 5.43. The highest BCUT2D eigenvalue weighted by Crippen LogP contribution is 2.47. The van der Waals surface area contributed by atoms with Gasteiger partial charge in [-0.2, -0.15) is 0 Å². The predicted octanol–water partition coefficient (Wildman–Crippen LogP) is 2.47. The summed E-state index contributed by atoms with van der Waals surface area (Å²) in [6.45, 7) is 0.551. The van der Waals surface area contributed by atoms with Gasteiger partial charge in [0.25, 0.3) is 0 Å². The molecule has 0 aliphatic heterocycles. The molecule has 0 atom stereocenters. The zero-order valence-corrected chi connectivity index (χ0v) is 13.8. The molecule has 0 radical (unpaired) electrons. The van der Waals surface area contributed by atoms with E-state index in [9.17, 15) is 9.59 Å². The van der Waals surface area contributed by atoms with E-state index in [4.69, 9.17) is 17.3 Å². The highest BCUT2D eigenvalue weighted by molar-refractivity contribution is 6.30. The summed E-state index contributed by atoms with van der Waals surface area (Å²) in [5.74, 6) is -0.441. The molecular weight excluding hydrogens is 314 g/mol. The molecule has 2 saturated carbocycles. The summed E-state index contributed by atoms with van der Waals surface area (Å²) < 4.78 is 0. The van der Waals surface area contributed by atoms with Gasteiger partial charge in [0, 0.05) is 17.0 Å². The van der Waals surface area contributed by atoms with Crippen molar-refractivity contribution < 1.29 is 9.59 Å². The molecule has 23 heavy (non-hydrogen) atoms. The summed E-state index contributed by atoms with van der Waals surface area (Å²) in [4.78, 5) is 23.9. The third-order valence-electron chi connectivity index (χ3n) is 5.18. The van der Waals surface area contributed by atoms with Gasteiger partial charge in [-0.05, 0) is 43.4 Å². The quantitative estimate of drug-likeness (QED) is 0.772. The van der Waals surface area contributed by atoms with Crippen molar-refractivity contribution in [1.29, 1.82) is 0 Å². The van der Waals surface area contributed by atoms with Gasteiger partial charge in [0.1, 0.15) is 5.54 Å². The lowest BCUT2D eigenvalue weighted by molar-refractivity contribution is -0.123. The molecule has 0 saturated heterocycles. The normalized spacial score (nSPS) is 20.7. The van der Waals surface area contributed by atoms with Crippen LogP contribution in [0.3, 0.4) is 0 Å². The number of amides is 3. The second kappa shape index (κ2) is 6.04. The van der Waals surface area contributed by atoms with Gasteiger partial charge in [-0.25, -0.2) is 4.79 Å². The van der Waals surface area contributed by atoms with Crippen molar-refractivity contribution in [3.8, 4) is 0 Å². The Hall–Kier alpha value is -1.75. The van der Waals surface area contributed by atoms with Gasteiger partial charge in [0.2, 0.25) is 5.91 Å². The summed E-state index contributed by atoms with van der Waals surface area (Å²) in [5.41, 5.74) is 5.80. The van der Waals surface area contributed by atoms with E-state index in [1.165, 1.54) is 5.56 Å². The second-order valence-electron chi connectivity index (χ2n) is 6.75. The lowest BCUT2D eigenvalue weighted by atomic mass is 9.95. The van der Waals surface area contributed by atoms with E-state index >= 15 is 0 Å². The molecule has 4 N–H and O–H groups in total. The lowest BCUT2D eigenvalue weighted by Gasteiger charge is -2.27. The molecule has 0 heterocycles. The number of benzene rings is 1. The molecule has 0 aromatic heterocycles. The van der Waals surface area contributed by atoms with Crippen LogP contribution in [0.1, 0.15) is 44.1 Å². The van der Waals surface area contributed by atoms with Gasteiger partial charge in [-0.1, -0.05) is 36.6 Å². The van der Waals surface area contributed by atoms with Crippen LogP contribution in [0.4, 0.5) is 4.79 Å². The van der Waals surface area contributed by atoms with Crippen molar-refractivity contribution in [3.05, 3.63) is 34.9 Å². The number of halogens is 1. The van der Waals surface area contributed by atoms with Crippen molar-refractivity contribution >= 4 is 23.5 Å². The summed E-state index contributed by atoms with van der Waals surface area (Å²) in [6, 6.07) is 7.45. The van der Waals surface area contributed by atoms with Crippen molar-refractivity contribution in [2.45, 2.75) is 49.5 Å². The van der Waals surface area contributed by atoms with E-state index < -0.39 is 11.4 Å². The maximum absolute atomic E-state index is 12.2. The molecule has 3 amide bonds. The Morgan fingerprint density at radius 3 is 2.22 bits per heavy atom. The molecule has 2 fully saturated rings. The molecule has 3 rings (SSSR count). The van der Waals surface area contributed by atoms with Gasteiger partial charge in [0.05, 0.1) is 0 Å². The largest absolute Gasteiger partial charge is 0.368 e. The smallest absolute Gasteiger partial charge is 0.315 e. The molecule has 5 nitrogen and oxygen atoms in total. The zero-order chi connectivity index (χ0) is 16.5. The van der Waals surface area contributed by atoms with Crippen molar-refractivity contribution in [2.75, 3.05) is 6.54 Å². The minimum Gasteiger partial charge on any atom is -0.368 e. The Kier molecular flexibility index (Phi) is 4.23. The third kappa shape index (κ3) is 3.29. The van der Waals surface area contributed by atoms with Crippen molar-refractivity contribution in [2.24, 2.45) is 5.73 Å². The summed E-state index contributed by atoms with van der Waals surface area (Å²) >= 11 is 5.93. The van der Waals surface area contributed by atoms with Crippen LogP contribution >= 0.6 is 11.6 Å². The number of nitrogens with two attached hydrogens (primary N) is 1. The molecule has 2 aliphatic carbocycles. The maximum atomic E-state index is 12.2. The molecular formula is C17H22ClN3O2. The average molecular weight is 336 g/mol. The van der Waals surface area contributed by atoms with Crippen LogP contribution in [0, 0.1) is 0 Å². The first-order chi connectivity index (χ1) is 11.0. The number of rotatable bonds is 5. The number of hydrogen-bond acceptors (Lipinski definition) is 2. The molecule has 0 spiro atoms. The number of hydrogen-bond donors (Lipinski definition) is 3. The Morgan fingerprint density at radius 2 is 1.70 bits per heavy atom. The first-order valence-corrected chi connectivity index (χ1v) is 8.46. The average Bonchev–Trinajstić information content (AvgIpc) is 3.17. The summed E-state index contributed by atoms with van der Waals surface area (Å²) in [7, 11) is 0. The Balaban J connectivity index is 1.59. The molecule has 0 bridgehead atoms. The van der Waals surface area contributed by atoms with Gasteiger partial charge in [0.15, 0.2) is 0 Å². The van der Waals surface area contributed by atoms with Crippen LogP contribution in [0.2, 0.25) is 5.02 Å². The predicted molar refractivity (Wildman–Crippen MR) is 89.3 cm³/mol. The lowest BCUT2D eigenvalue weighted by Crippen LogP contribution is -2.58. The van der Waals surface area contributed by atoms with Gasteiger partial charge >= 0.3 is 6.03 Å². The Morgan fingerprint density at radius 1 is 1.09 bits per heavy atom. The van der Waals surface area contributed by atoms with Gasteiger partial charge in [-0.3, -0.25) is 4.79 Å². The second-order valence-corrected chi connectivity index (χ2v) is 7.18. The molecule has 1 aromatic rings. The highest BCUT2D eigenvalue weighted by atomic mass is 35.5. The van der Waals surface area contributed by atoms with Crippen LogP contribution in [0.5, 0.6) is 0 Å². The summed E-state index contributed by atoms with van der Waals surface area (Å²) in [6.07, 6.45) is 5.15. The van der Waals surface area contributed by atoms with E-state index in [2.05, 4.69) is 10.6 Å². The van der Waals surface area contributed by atoms with Crippen LogP contribution < -0.4 is 16.4 Å². The molecule has 124 valence electrons. The number of carbonyl (C=O) groups is 2. The standard InChI is InChI=1S/C17H22ClN3O2/c18-13-5-3-12(4-6-13)16(9-10-16)11-20-15(23)21-17(14(19)22)7-1-2-8-17/h3-6H,1-2,7-11H2,(H2,19,22)(H2,20,21,23). The first-order valence-electron chi connectivity index (χ1n) is 8.08. The van der Waals surface area contributed by atoms with E-state index in [0.29, 0.717) is 24.4 Å². The SMILES string of the molecule is NC(=O)C1(NC(=O)NCC2(c3ccc(Cl)cc3)CC2)CCCC1. The van der Waals surface area contributed by atoms with Crippen LogP contribution in [-0.2, 0) is 10.2 Å². The fourth-order valence-electron chi connectivity index (χ4n) is 3.44. The van der Waals surface area contributed by atoms with Gasteiger partial charge in [-0.15, -0.1) is 0 Å². The van der Waals surface area contributed by atoms with E-state index in [-0.39, 0.29) is 11.4 Å². The monoisotopic (exact) mass is 335 g/mol. The van der Waals surface area contributed by atoms with Crippen molar-refractivity contribution in [3.63, 3.8) is 0 Å². The molecule has 1 aromatic carbocycles. The summed E-state index contributed by atoms with van der Waals surface area (Å²) in [5, 5.41) is 6.43. The Bertz CT molecular complexity index is 605. The fraction of sp³-hybridized carbons (Fsp3) is 0.529. The number of primary amides is 1. The van der Waals surface area contributed by atoms with Crippen LogP contribution in [-0.4, -0.2) is 24.0 Å². The number of carbonyl (C=O) groups excluding carboxylic acids is 2. The Labute approximate surface area is 141 Å². The zero-order valence-electron chi connectivity index (χ0n) is 13.0. The first kappa shape index (κ1) is 16.1. The van der Waals surface area contributed by atoms with Crippen LogP contribution in [0.15, 0.2) is 24.3 Å².